The number of hydrogen-bond acceptors (Lipinski definition) is 3. The van der Waals surface area contributed by atoms with Gasteiger partial charge in [-0.3, -0.25) is 4.79 Å². The third-order valence-electron chi connectivity index (χ3n) is 3.61. The summed E-state index contributed by atoms with van der Waals surface area (Å²) >= 11 is 0. The van der Waals surface area contributed by atoms with E-state index in [1.54, 1.807) is 12.1 Å². The van der Waals surface area contributed by atoms with Crippen LogP contribution in [-0.2, 0) is 13.0 Å². The molecule has 2 aromatic carbocycles. The van der Waals surface area contributed by atoms with E-state index in [1.807, 2.05) is 30.3 Å². The van der Waals surface area contributed by atoms with E-state index in [4.69, 9.17) is 4.74 Å². The number of aromatic hydroxyl groups is 1. The predicted octanol–water partition coefficient (Wildman–Crippen LogP) is 3.49. The number of phenolic OH excluding ortho intramolecular Hbond substituents is 1. The van der Waals surface area contributed by atoms with Crippen LogP contribution in [0.1, 0.15) is 34.3 Å². The van der Waals surface area contributed by atoms with Gasteiger partial charge in [0.1, 0.15) is 6.61 Å². The van der Waals surface area contributed by atoms with Crippen molar-refractivity contribution in [1.29, 1.82) is 0 Å². The fraction of sp³-hybridized carbons (Fsp3) is 0.235. The highest BCUT2D eigenvalue weighted by atomic mass is 16.5. The summed E-state index contributed by atoms with van der Waals surface area (Å²) in [5.74, 6) is 0.671. The van der Waals surface area contributed by atoms with Gasteiger partial charge in [-0.05, 0) is 30.5 Å². The molecule has 0 amide bonds. The van der Waals surface area contributed by atoms with Crippen LogP contribution in [0.25, 0.3) is 0 Å². The first-order chi connectivity index (χ1) is 9.75. The number of rotatable bonds is 3. The Kier molecular flexibility index (Phi) is 3.42. The first-order valence-corrected chi connectivity index (χ1v) is 6.80. The fourth-order valence-electron chi connectivity index (χ4n) is 2.54. The van der Waals surface area contributed by atoms with Crippen LogP contribution in [0.5, 0.6) is 11.5 Å². The minimum atomic E-state index is 0.108. The van der Waals surface area contributed by atoms with Crippen molar-refractivity contribution in [2.45, 2.75) is 25.9 Å². The average Bonchev–Trinajstić information content (AvgIpc) is 2.48. The van der Waals surface area contributed by atoms with Gasteiger partial charge in [-0.2, -0.15) is 0 Å². The second-order valence-corrected chi connectivity index (χ2v) is 4.99. The van der Waals surface area contributed by atoms with Gasteiger partial charge in [0, 0.05) is 17.5 Å². The van der Waals surface area contributed by atoms with E-state index < -0.39 is 0 Å². The summed E-state index contributed by atoms with van der Waals surface area (Å²) < 4.78 is 5.66. The zero-order chi connectivity index (χ0) is 13.9. The van der Waals surface area contributed by atoms with Crippen molar-refractivity contribution >= 4 is 5.78 Å². The van der Waals surface area contributed by atoms with Gasteiger partial charge in [0.15, 0.2) is 17.3 Å². The van der Waals surface area contributed by atoms with Crippen LogP contribution in [0.3, 0.4) is 0 Å². The summed E-state index contributed by atoms with van der Waals surface area (Å²) in [5, 5.41) is 10.3. The van der Waals surface area contributed by atoms with Crippen LogP contribution in [0, 0.1) is 0 Å². The maximum absolute atomic E-state index is 11.8. The molecule has 0 heterocycles. The Morgan fingerprint density at radius 2 is 1.85 bits per heavy atom. The lowest BCUT2D eigenvalue weighted by Crippen LogP contribution is -2.11. The monoisotopic (exact) mass is 268 g/mol. The molecular formula is C17H16O3. The summed E-state index contributed by atoms with van der Waals surface area (Å²) in [5.41, 5.74) is 2.41. The molecule has 0 bridgehead atoms. The molecule has 0 fully saturated rings. The normalized spacial score (nSPS) is 13.9. The van der Waals surface area contributed by atoms with E-state index in [0.29, 0.717) is 24.3 Å². The number of carbonyl (C=O) groups excluding carboxylic acids is 1. The highest BCUT2D eigenvalue weighted by Gasteiger charge is 2.22. The molecule has 3 heteroatoms. The average molecular weight is 268 g/mol. The first kappa shape index (κ1) is 12.7. The molecule has 0 saturated heterocycles. The van der Waals surface area contributed by atoms with Crippen molar-refractivity contribution in [3.8, 4) is 11.5 Å². The SMILES string of the molecule is O=C1CCCc2c1ccc(OCc1ccccc1)c2O. The molecule has 3 rings (SSSR count). The summed E-state index contributed by atoms with van der Waals surface area (Å²) in [7, 11) is 0. The lowest BCUT2D eigenvalue weighted by atomic mass is 9.90. The maximum atomic E-state index is 11.8. The standard InChI is InChI=1S/C17H16O3/c18-15-8-4-7-14-13(15)9-10-16(17(14)19)20-11-12-5-2-1-3-6-12/h1-3,5-6,9-10,19H,4,7-8,11H2. The number of fused-ring (bicyclic) bond motifs is 1. The summed E-state index contributed by atoms with van der Waals surface area (Å²) in [4.78, 5) is 11.8. The fourth-order valence-corrected chi connectivity index (χ4v) is 2.54. The predicted molar refractivity (Wildman–Crippen MR) is 76.1 cm³/mol. The van der Waals surface area contributed by atoms with Gasteiger partial charge in [-0.1, -0.05) is 30.3 Å². The topological polar surface area (TPSA) is 46.5 Å². The number of Topliss-reactive ketones (excluding diaryl/α,β-unsaturated/α-hetero) is 1. The van der Waals surface area contributed by atoms with Crippen molar-refractivity contribution in [3.05, 3.63) is 59.2 Å². The van der Waals surface area contributed by atoms with E-state index in [9.17, 15) is 9.90 Å². The Hall–Kier alpha value is -2.29. The molecule has 102 valence electrons. The number of carbonyl (C=O) groups is 1. The number of ether oxygens (including phenoxy) is 1. The van der Waals surface area contributed by atoms with E-state index in [0.717, 1.165) is 24.0 Å². The minimum Gasteiger partial charge on any atom is -0.504 e. The Morgan fingerprint density at radius 3 is 2.65 bits per heavy atom. The second kappa shape index (κ2) is 5.37. The molecule has 0 aliphatic heterocycles. The first-order valence-electron chi connectivity index (χ1n) is 6.80. The zero-order valence-electron chi connectivity index (χ0n) is 11.1. The van der Waals surface area contributed by atoms with Crippen LogP contribution in [0.2, 0.25) is 0 Å². The number of benzene rings is 2. The largest absolute Gasteiger partial charge is 0.504 e. The van der Waals surface area contributed by atoms with Crippen molar-refractivity contribution in [1.82, 2.24) is 0 Å². The van der Waals surface area contributed by atoms with Crippen molar-refractivity contribution in [2.75, 3.05) is 0 Å². The van der Waals surface area contributed by atoms with Gasteiger partial charge in [0.2, 0.25) is 0 Å². The molecule has 0 radical (unpaired) electrons. The van der Waals surface area contributed by atoms with Gasteiger partial charge >= 0.3 is 0 Å². The van der Waals surface area contributed by atoms with Crippen LogP contribution in [0.15, 0.2) is 42.5 Å². The Balaban J connectivity index is 1.83. The Morgan fingerprint density at radius 1 is 1.05 bits per heavy atom. The molecule has 3 nitrogen and oxygen atoms in total. The van der Waals surface area contributed by atoms with Crippen molar-refractivity contribution in [2.24, 2.45) is 0 Å². The summed E-state index contributed by atoms with van der Waals surface area (Å²) in [6.45, 7) is 0.404. The Bertz CT molecular complexity index is 632. The minimum absolute atomic E-state index is 0.108. The Labute approximate surface area is 117 Å². The molecule has 20 heavy (non-hydrogen) atoms. The van der Waals surface area contributed by atoms with Gasteiger partial charge in [-0.15, -0.1) is 0 Å². The molecule has 1 aliphatic carbocycles. The molecular weight excluding hydrogens is 252 g/mol. The smallest absolute Gasteiger partial charge is 0.163 e. The highest BCUT2D eigenvalue weighted by Crippen LogP contribution is 2.36. The summed E-state index contributed by atoms with van der Waals surface area (Å²) in [6.07, 6.45) is 2.09. The van der Waals surface area contributed by atoms with Gasteiger partial charge < -0.3 is 9.84 Å². The van der Waals surface area contributed by atoms with Crippen molar-refractivity contribution in [3.63, 3.8) is 0 Å². The van der Waals surface area contributed by atoms with Crippen molar-refractivity contribution < 1.29 is 14.6 Å². The van der Waals surface area contributed by atoms with E-state index in [1.165, 1.54) is 0 Å². The van der Waals surface area contributed by atoms with Crippen LogP contribution in [0.4, 0.5) is 0 Å². The van der Waals surface area contributed by atoms with Crippen LogP contribution < -0.4 is 4.74 Å². The highest BCUT2D eigenvalue weighted by molar-refractivity contribution is 5.99. The van der Waals surface area contributed by atoms with Gasteiger partial charge in [-0.25, -0.2) is 0 Å². The lowest BCUT2D eigenvalue weighted by molar-refractivity contribution is 0.0971. The molecule has 0 unspecified atom stereocenters. The lowest BCUT2D eigenvalue weighted by Gasteiger charge is -2.18. The molecule has 1 aliphatic rings. The summed E-state index contributed by atoms with van der Waals surface area (Å²) in [6, 6.07) is 13.2. The number of hydrogen-bond donors (Lipinski definition) is 1. The van der Waals surface area contributed by atoms with Crippen LogP contribution >= 0.6 is 0 Å². The molecule has 0 aromatic heterocycles. The third kappa shape index (κ3) is 2.39. The quantitative estimate of drug-likeness (QED) is 0.926. The molecule has 0 spiro atoms. The number of ketones is 1. The van der Waals surface area contributed by atoms with Crippen LogP contribution in [-0.4, -0.2) is 10.9 Å². The van der Waals surface area contributed by atoms with E-state index >= 15 is 0 Å². The van der Waals surface area contributed by atoms with Gasteiger partial charge in [0.05, 0.1) is 0 Å². The van der Waals surface area contributed by atoms with E-state index in [-0.39, 0.29) is 11.5 Å². The number of phenols is 1. The second-order valence-electron chi connectivity index (χ2n) is 4.99. The molecule has 0 atom stereocenters. The van der Waals surface area contributed by atoms with Gasteiger partial charge in [0.25, 0.3) is 0 Å². The zero-order valence-corrected chi connectivity index (χ0v) is 11.1. The molecule has 2 aromatic rings. The van der Waals surface area contributed by atoms with E-state index in [2.05, 4.69) is 0 Å². The molecule has 0 saturated carbocycles. The molecule has 1 N–H and O–H groups in total. The maximum Gasteiger partial charge on any atom is 0.163 e. The third-order valence-corrected chi connectivity index (χ3v) is 3.61.